The molecule has 0 radical (unpaired) electrons. The van der Waals surface area contributed by atoms with Crippen molar-refractivity contribution < 1.29 is 4.79 Å². The van der Waals surface area contributed by atoms with E-state index in [1.165, 1.54) is 90.7 Å². The molecule has 1 fully saturated rings. The van der Waals surface area contributed by atoms with E-state index in [9.17, 15) is 0 Å². The van der Waals surface area contributed by atoms with Gasteiger partial charge in [0.1, 0.15) is 17.8 Å². The molecule has 1 aliphatic heterocycles. The predicted octanol–water partition coefficient (Wildman–Crippen LogP) is 7.59. The second kappa shape index (κ2) is 12.8. The van der Waals surface area contributed by atoms with Crippen molar-refractivity contribution in [3.05, 3.63) is 42.0 Å². The Balaban J connectivity index is 0.000000272. The van der Waals surface area contributed by atoms with Crippen LogP contribution in [0.1, 0.15) is 71.3 Å². The van der Waals surface area contributed by atoms with Crippen LogP contribution >= 0.6 is 0 Å². The lowest BCUT2D eigenvalue weighted by Crippen LogP contribution is -2.03. The highest BCUT2D eigenvalue weighted by Crippen LogP contribution is 2.32. The van der Waals surface area contributed by atoms with Gasteiger partial charge in [0.05, 0.1) is 0 Å². The number of benzene rings is 2. The van der Waals surface area contributed by atoms with Gasteiger partial charge in [-0.15, -0.1) is 0 Å². The van der Waals surface area contributed by atoms with Crippen LogP contribution in [0.4, 0.5) is 0 Å². The molecule has 1 aliphatic rings. The van der Waals surface area contributed by atoms with Crippen molar-refractivity contribution in [2.45, 2.75) is 77.5 Å². The van der Waals surface area contributed by atoms with Crippen LogP contribution in [0.25, 0.3) is 21.8 Å². The Kier molecular flexibility index (Phi) is 10.5. The summed E-state index contributed by atoms with van der Waals surface area (Å²) in [5, 5.41) is 2.84. The predicted molar refractivity (Wildman–Crippen MR) is 136 cm³/mol. The highest BCUT2D eigenvalue weighted by Gasteiger charge is 2.27. The molecule has 1 saturated heterocycles. The van der Waals surface area contributed by atoms with E-state index < -0.39 is 0 Å². The van der Waals surface area contributed by atoms with E-state index in [1.807, 2.05) is 0 Å². The molecule has 164 valence electrons. The summed E-state index contributed by atoms with van der Waals surface area (Å²) in [6.07, 6.45) is 10.6. The fourth-order valence-electron chi connectivity index (χ4n) is 4.06. The number of hydrogen-bond donors (Lipinski definition) is 0. The molecule has 2 nitrogen and oxygen atoms in total. The van der Waals surface area contributed by atoms with Crippen LogP contribution < -0.4 is 0 Å². The Bertz CT molecular complexity index is 917. The summed E-state index contributed by atoms with van der Waals surface area (Å²) >= 11 is 0. The van der Waals surface area contributed by atoms with Crippen molar-refractivity contribution in [1.29, 1.82) is 0 Å². The molecular weight excluding hydrogens is 386 g/mol. The molecule has 0 unspecified atom stereocenters. The zero-order valence-electron chi connectivity index (χ0n) is 19.7. The third-order valence-electron chi connectivity index (χ3n) is 5.70. The van der Waals surface area contributed by atoms with Crippen molar-refractivity contribution in [3.63, 3.8) is 0 Å². The average Bonchev–Trinajstić information content (AvgIpc) is 3.37. The van der Waals surface area contributed by atoms with Crippen molar-refractivity contribution >= 4 is 39.0 Å². The van der Waals surface area contributed by atoms with E-state index >= 15 is 0 Å². The topological polar surface area (TPSA) is 22.0 Å². The largest absolute Gasteiger partial charge is 0.344 e. The highest BCUT2D eigenvalue weighted by molar-refractivity contribution is 7.97. The molecule has 2 aromatic carbocycles. The molecule has 4 rings (SSSR count). The number of aromatic nitrogens is 1. The molecule has 1 aromatic heterocycles. The van der Waals surface area contributed by atoms with Gasteiger partial charge in [-0.3, -0.25) is 0 Å². The number of rotatable bonds is 5. The third kappa shape index (κ3) is 6.38. The van der Waals surface area contributed by atoms with Crippen molar-refractivity contribution in [2.75, 3.05) is 11.5 Å². The molecule has 0 aliphatic carbocycles. The number of nitrogens with zero attached hydrogens (tertiary/aromatic N) is 1. The monoisotopic (exact) mass is 426 g/mol. The summed E-state index contributed by atoms with van der Waals surface area (Å²) < 4.78 is 2.33. The van der Waals surface area contributed by atoms with Crippen LogP contribution in [0.3, 0.4) is 0 Å². The average molecular weight is 427 g/mol. The summed E-state index contributed by atoms with van der Waals surface area (Å²) in [4.78, 5) is 10.4. The normalized spacial score (nSPS) is 13.6. The molecule has 0 spiro atoms. The minimum Gasteiger partial charge on any atom is -0.344 e. The maximum Gasteiger partial charge on any atom is 0.155 e. The van der Waals surface area contributed by atoms with Gasteiger partial charge >= 0.3 is 0 Å². The minimum absolute atomic E-state index is 0.505. The summed E-state index contributed by atoms with van der Waals surface area (Å²) in [5.74, 6) is 2.80. The Morgan fingerprint density at radius 1 is 0.900 bits per heavy atom. The Morgan fingerprint density at radius 3 is 2.00 bits per heavy atom. The first-order chi connectivity index (χ1) is 14.6. The molecule has 0 bridgehead atoms. The summed E-state index contributed by atoms with van der Waals surface area (Å²) in [6, 6.07) is 13.9. The summed E-state index contributed by atoms with van der Waals surface area (Å²) in [7, 11) is 2.68. The SMILES string of the molecule is CC=O.CCCCCCC.Cc1ccc2c(c1)c1cc([S+]3CCCC3)ccc1n2C. The number of aryl methyl sites for hydroxylation is 2. The van der Waals surface area contributed by atoms with Gasteiger partial charge < -0.3 is 9.36 Å². The van der Waals surface area contributed by atoms with E-state index in [2.05, 4.69) is 68.8 Å². The molecule has 0 saturated carbocycles. The first-order valence-corrected chi connectivity index (χ1v) is 13.2. The van der Waals surface area contributed by atoms with Gasteiger partial charge in [0.2, 0.25) is 0 Å². The Labute approximate surface area is 186 Å². The molecule has 0 N–H and O–H groups in total. The second-order valence-electron chi connectivity index (χ2n) is 8.16. The standard InChI is InChI=1S/C18H20NS.C7H16.C2H4O/c1-13-5-7-17-15(11-13)16-12-14(20-9-3-4-10-20)6-8-18(16)19(17)2;1-3-5-7-6-4-2;1-2-3/h5-8,11-12H,3-4,9-10H2,1-2H3;3-7H2,1-2H3;2H,1H3/q+1;;. The number of aldehydes is 1. The van der Waals surface area contributed by atoms with E-state index in [-0.39, 0.29) is 0 Å². The Morgan fingerprint density at radius 2 is 1.43 bits per heavy atom. The number of carbonyl (C=O) groups is 1. The number of carbonyl (C=O) groups excluding carboxylic acids is 1. The van der Waals surface area contributed by atoms with Gasteiger partial charge in [0, 0.05) is 45.8 Å². The smallest absolute Gasteiger partial charge is 0.155 e. The van der Waals surface area contributed by atoms with Crippen LogP contribution in [0.5, 0.6) is 0 Å². The highest BCUT2D eigenvalue weighted by atomic mass is 32.2. The van der Waals surface area contributed by atoms with Gasteiger partial charge in [-0.25, -0.2) is 0 Å². The lowest BCUT2D eigenvalue weighted by Gasteiger charge is -2.01. The van der Waals surface area contributed by atoms with Crippen LogP contribution in [0.2, 0.25) is 0 Å². The zero-order chi connectivity index (χ0) is 21.9. The van der Waals surface area contributed by atoms with Gasteiger partial charge in [-0.05, 0) is 51.0 Å². The van der Waals surface area contributed by atoms with E-state index in [0.717, 1.165) is 6.29 Å². The quantitative estimate of drug-likeness (QED) is 0.234. The number of hydrogen-bond acceptors (Lipinski definition) is 1. The maximum absolute atomic E-state index is 8.81. The lowest BCUT2D eigenvalue weighted by atomic mass is 10.1. The molecular formula is C27H40NOS+. The van der Waals surface area contributed by atoms with E-state index in [4.69, 9.17) is 4.79 Å². The van der Waals surface area contributed by atoms with Crippen LogP contribution in [0, 0.1) is 6.92 Å². The second-order valence-corrected chi connectivity index (χ2v) is 10.4. The van der Waals surface area contributed by atoms with Crippen molar-refractivity contribution in [1.82, 2.24) is 4.57 Å². The first-order valence-electron chi connectivity index (χ1n) is 11.6. The summed E-state index contributed by atoms with van der Waals surface area (Å²) in [5.41, 5.74) is 4.05. The fraction of sp³-hybridized carbons (Fsp3) is 0.519. The summed E-state index contributed by atoms with van der Waals surface area (Å²) in [6.45, 7) is 8.12. The first kappa shape index (κ1) is 24.5. The third-order valence-corrected chi connectivity index (χ3v) is 8.19. The van der Waals surface area contributed by atoms with Crippen molar-refractivity contribution in [3.8, 4) is 0 Å². The molecule has 3 heteroatoms. The fourth-order valence-corrected chi connectivity index (χ4v) is 6.38. The van der Waals surface area contributed by atoms with Crippen molar-refractivity contribution in [2.24, 2.45) is 7.05 Å². The van der Waals surface area contributed by atoms with Gasteiger partial charge in [0.15, 0.2) is 4.90 Å². The minimum atomic E-state index is 0.505. The van der Waals surface area contributed by atoms with E-state index in [1.54, 1.807) is 4.90 Å². The van der Waals surface area contributed by atoms with Gasteiger partial charge in [-0.2, -0.15) is 0 Å². The molecule has 0 atom stereocenters. The molecule has 2 heterocycles. The van der Waals surface area contributed by atoms with Crippen LogP contribution in [0.15, 0.2) is 41.3 Å². The van der Waals surface area contributed by atoms with Gasteiger partial charge in [0.25, 0.3) is 0 Å². The zero-order valence-corrected chi connectivity index (χ0v) is 20.5. The maximum atomic E-state index is 8.81. The van der Waals surface area contributed by atoms with E-state index in [0.29, 0.717) is 10.9 Å². The number of unbranched alkanes of at least 4 members (excludes halogenated alkanes) is 4. The molecule has 0 amide bonds. The number of fused-ring (bicyclic) bond motifs is 3. The van der Waals surface area contributed by atoms with Gasteiger partial charge in [-0.1, -0.05) is 57.6 Å². The molecule has 30 heavy (non-hydrogen) atoms. The van der Waals surface area contributed by atoms with Crippen LogP contribution in [-0.2, 0) is 22.7 Å². The lowest BCUT2D eigenvalue weighted by molar-refractivity contribution is -0.106. The molecule has 3 aromatic rings. The van der Waals surface area contributed by atoms with Crippen LogP contribution in [-0.4, -0.2) is 22.4 Å². The Hall–Kier alpha value is -1.74.